The summed E-state index contributed by atoms with van der Waals surface area (Å²) in [5.74, 6) is 0.372. The Morgan fingerprint density at radius 3 is 2.69 bits per heavy atom. The molecule has 0 aromatic rings. The van der Waals surface area contributed by atoms with Crippen molar-refractivity contribution in [3.8, 4) is 0 Å². The van der Waals surface area contributed by atoms with Crippen molar-refractivity contribution >= 4 is 0 Å². The summed E-state index contributed by atoms with van der Waals surface area (Å²) in [6.07, 6.45) is -2.13. The summed E-state index contributed by atoms with van der Waals surface area (Å²) in [5.41, 5.74) is 0. The zero-order valence-electron chi connectivity index (χ0n) is 9.98. The average Bonchev–Trinajstić information content (AvgIpc) is 2.59. The van der Waals surface area contributed by atoms with Gasteiger partial charge in [-0.25, -0.2) is 0 Å². The van der Waals surface area contributed by atoms with Crippen LogP contribution >= 0.6 is 0 Å². The number of halogens is 3. The highest BCUT2D eigenvalue weighted by molar-refractivity contribution is 4.79. The Kier molecular flexibility index (Phi) is 5.05. The molecule has 1 N–H and O–H groups in total. The lowest BCUT2D eigenvalue weighted by Gasteiger charge is -2.19. The third-order valence-corrected chi connectivity index (χ3v) is 3.14. The first-order chi connectivity index (χ1) is 7.40. The van der Waals surface area contributed by atoms with E-state index >= 15 is 0 Å². The van der Waals surface area contributed by atoms with Gasteiger partial charge in [0.05, 0.1) is 6.54 Å². The molecule has 2 atom stereocenters. The Morgan fingerprint density at radius 1 is 1.44 bits per heavy atom. The number of hydrogen-bond acceptors (Lipinski definition) is 2. The summed E-state index contributed by atoms with van der Waals surface area (Å²) >= 11 is 0. The molecule has 96 valence electrons. The Morgan fingerprint density at radius 2 is 2.12 bits per heavy atom. The molecule has 1 aliphatic heterocycles. The van der Waals surface area contributed by atoms with Crippen molar-refractivity contribution in [2.75, 3.05) is 26.2 Å². The van der Waals surface area contributed by atoms with E-state index in [4.69, 9.17) is 0 Å². The zero-order chi connectivity index (χ0) is 12.2. The molecule has 5 heteroatoms. The van der Waals surface area contributed by atoms with E-state index in [9.17, 15) is 13.2 Å². The first-order valence-electron chi connectivity index (χ1n) is 5.93. The molecule has 2 nitrogen and oxygen atoms in total. The van der Waals surface area contributed by atoms with Gasteiger partial charge in [-0.05, 0) is 38.8 Å². The van der Waals surface area contributed by atoms with Crippen molar-refractivity contribution in [3.63, 3.8) is 0 Å². The lowest BCUT2D eigenvalue weighted by molar-refractivity contribution is -0.143. The van der Waals surface area contributed by atoms with E-state index in [-0.39, 0.29) is 0 Å². The van der Waals surface area contributed by atoms with E-state index in [2.05, 4.69) is 19.2 Å². The van der Waals surface area contributed by atoms with E-state index in [1.807, 2.05) is 0 Å². The van der Waals surface area contributed by atoms with Crippen LogP contribution in [0, 0.1) is 5.92 Å². The van der Waals surface area contributed by atoms with Crippen LogP contribution in [0.1, 0.15) is 26.7 Å². The van der Waals surface area contributed by atoms with Crippen LogP contribution in [0.5, 0.6) is 0 Å². The summed E-state index contributed by atoms with van der Waals surface area (Å²) in [5, 5.41) is 3.35. The SMILES string of the molecule is CCC(C)NCC1CCN(CC(F)(F)F)C1. The quantitative estimate of drug-likeness (QED) is 0.790. The van der Waals surface area contributed by atoms with Gasteiger partial charge in [0.2, 0.25) is 0 Å². The van der Waals surface area contributed by atoms with Gasteiger partial charge in [0.15, 0.2) is 0 Å². The van der Waals surface area contributed by atoms with Crippen molar-refractivity contribution in [2.45, 2.75) is 38.9 Å². The van der Waals surface area contributed by atoms with Crippen LogP contribution in [0.25, 0.3) is 0 Å². The molecular weight excluding hydrogens is 217 g/mol. The van der Waals surface area contributed by atoms with Crippen molar-refractivity contribution in [1.82, 2.24) is 10.2 Å². The normalized spacial score (nSPS) is 24.9. The minimum Gasteiger partial charge on any atom is -0.314 e. The van der Waals surface area contributed by atoms with Gasteiger partial charge in [0, 0.05) is 12.6 Å². The molecule has 0 spiro atoms. The average molecular weight is 238 g/mol. The van der Waals surface area contributed by atoms with Gasteiger partial charge in [0.25, 0.3) is 0 Å². The van der Waals surface area contributed by atoms with Crippen LogP contribution in [-0.4, -0.2) is 43.3 Å². The predicted molar refractivity (Wildman–Crippen MR) is 58.4 cm³/mol. The summed E-state index contributed by atoms with van der Waals surface area (Å²) in [6.45, 7) is 5.43. The first kappa shape index (κ1) is 13.8. The van der Waals surface area contributed by atoms with E-state index in [0.717, 1.165) is 19.4 Å². The van der Waals surface area contributed by atoms with E-state index in [1.165, 1.54) is 4.90 Å². The molecule has 2 unspecified atom stereocenters. The molecule has 1 rings (SSSR count). The molecule has 0 aliphatic carbocycles. The standard InChI is InChI=1S/C11H21F3N2/c1-3-9(2)15-6-10-4-5-16(7-10)8-11(12,13)14/h9-10,15H,3-8H2,1-2H3. The fourth-order valence-corrected chi connectivity index (χ4v) is 1.99. The highest BCUT2D eigenvalue weighted by Gasteiger charge is 2.34. The summed E-state index contributed by atoms with van der Waals surface area (Å²) in [6, 6.07) is 0.455. The van der Waals surface area contributed by atoms with Gasteiger partial charge >= 0.3 is 6.18 Å². The fourth-order valence-electron chi connectivity index (χ4n) is 1.99. The van der Waals surface area contributed by atoms with Crippen LogP contribution in [0.15, 0.2) is 0 Å². The van der Waals surface area contributed by atoms with Crippen LogP contribution in [0.3, 0.4) is 0 Å². The summed E-state index contributed by atoms with van der Waals surface area (Å²) < 4.78 is 36.4. The fraction of sp³-hybridized carbons (Fsp3) is 1.00. The molecule has 1 heterocycles. The summed E-state index contributed by atoms with van der Waals surface area (Å²) in [4.78, 5) is 1.50. The number of rotatable bonds is 5. The zero-order valence-corrected chi connectivity index (χ0v) is 9.98. The molecule has 1 fully saturated rings. The smallest absolute Gasteiger partial charge is 0.314 e. The minimum atomic E-state index is -4.06. The monoisotopic (exact) mass is 238 g/mol. The second-order valence-electron chi connectivity index (χ2n) is 4.72. The maximum Gasteiger partial charge on any atom is 0.401 e. The number of nitrogens with one attached hydrogen (secondary N) is 1. The number of nitrogens with zero attached hydrogens (tertiary/aromatic N) is 1. The molecule has 0 aromatic heterocycles. The van der Waals surface area contributed by atoms with Crippen molar-refractivity contribution < 1.29 is 13.2 Å². The second kappa shape index (κ2) is 5.87. The molecule has 0 radical (unpaired) electrons. The van der Waals surface area contributed by atoms with E-state index < -0.39 is 12.7 Å². The predicted octanol–water partition coefficient (Wildman–Crippen LogP) is 2.26. The van der Waals surface area contributed by atoms with Gasteiger partial charge in [-0.1, -0.05) is 6.92 Å². The lowest BCUT2D eigenvalue weighted by atomic mass is 10.1. The third kappa shape index (κ3) is 5.16. The largest absolute Gasteiger partial charge is 0.401 e. The molecular formula is C11H21F3N2. The topological polar surface area (TPSA) is 15.3 Å². The first-order valence-corrected chi connectivity index (χ1v) is 5.93. The number of hydrogen-bond donors (Lipinski definition) is 1. The Labute approximate surface area is 95.2 Å². The van der Waals surface area contributed by atoms with Crippen LogP contribution < -0.4 is 5.32 Å². The van der Waals surface area contributed by atoms with Gasteiger partial charge in [-0.2, -0.15) is 13.2 Å². The molecule has 0 amide bonds. The molecule has 1 aliphatic rings. The maximum absolute atomic E-state index is 12.1. The Bertz CT molecular complexity index is 206. The molecule has 0 bridgehead atoms. The van der Waals surface area contributed by atoms with Crippen molar-refractivity contribution in [1.29, 1.82) is 0 Å². The second-order valence-corrected chi connectivity index (χ2v) is 4.72. The van der Waals surface area contributed by atoms with E-state index in [0.29, 0.717) is 25.0 Å². The lowest BCUT2D eigenvalue weighted by Crippen LogP contribution is -2.35. The number of likely N-dealkylation sites (tertiary alicyclic amines) is 1. The van der Waals surface area contributed by atoms with Gasteiger partial charge in [-0.3, -0.25) is 4.90 Å². The summed E-state index contributed by atoms with van der Waals surface area (Å²) in [7, 11) is 0. The Hall–Kier alpha value is -0.290. The van der Waals surface area contributed by atoms with Crippen molar-refractivity contribution in [2.24, 2.45) is 5.92 Å². The van der Waals surface area contributed by atoms with E-state index in [1.54, 1.807) is 0 Å². The molecule has 16 heavy (non-hydrogen) atoms. The number of alkyl halides is 3. The minimum absolute atomic E-state index is 0.372. The van der Waals surface area contributed by atoms with Crippen molar-refractivity contribution in [3.05, 3.63) is 0 Å². The van der Waals surface area contributed by atoms with Gasteiger partial charge < -0.3 is 5.32 Å². The maximum atomic E-state index is 12.1. The Balaban J connectivity index is 2.20. The van der Waals surface area contributed by atoms with Crippen LogP contribution in [0.2, 0.25) is 0 Å². The third-order valence-electron chi connectivity index (χ3n) is 3.14. The highest BCUT2D eigenvalue weighted by atomic mass is 19.4. The van der Waals surface area contributed by atoms with Gasteiger partial charge in [-0.15, -0.1) is 0 Å². The molecule has 0 aromatic carbocycles. The highest BCUT2D eigenvalue weighted by Crippen LogP contribution is 2.22. The molecule has 0 saturated carbocycles. The van der Waals surface area contributed by atoms with Crippen LogP contribution in [0.4, 0.5) is 13.2 Å². The van der Waals surface area contributed by atoms with Crippen LogP contribution in [-0.2, 0) is 0 Å². The molecule has 1 saturated heterocycles. The van der Waals surface area contributed by atoms with Gasteiger partial charge in [0.1, 0.15) is 0 Å².